The van der Waals surface area contributed by atoms with Crippen molar-refractivity contribution in [2.24, 2.45) is 11.8 Å². The number of hydrogen-bond donors (Lipinski definition) is 3. The third-order valence-corrected chi connectivity index (χ3v) is 6.68. The van der Waals surface area contributed by atoms with Crippen LogP contribution in [0.1, 0.15) is 68.7 Å². The largest absolute Gasteiger partial charge is 0.393 e. The Hall–Kier alpha value is -0.680. The van der Waals surface area contributed by atoms with Gasteiger partial charge in [0, 0.05) is 17.2 Å². The van der Waals surface area contributed by atoms with Gasteiger partial charge in [0.05, 0.1) is 18.3 Å². The summed E-state index contributed by atoms with van der Waals surface area (Å²) in [5.74, 6) is 0.0860. The van der Waals surface area contributed by atoms with Crippen molar-refractivity contribution in [3.63, 3.8) is 0 Å². The maximum absolute atomic E-state index is 10.3. The third kappa shape index (κ3) is 6.49. The number of hydrogen-bond acceptors (Lipinski definition) is 4. The molecule has 2 rings (SSSR count). The van der Waals surface area contributed by atoms with E-state index in [-0.39, 0.29) is 11.8 Å². The molecule has 0 spiro atoms. The van der Waals surface area contributed by atoms with Gasteiger partial charge < -0.3 is 15.3 Å². The maximum atomic E-state index is 10.3. The summed E-state index contributed by atoms with van der Waals surface area (Å²) in [6, 6.07) is 2.13. The number of aliphatic hydroxyl groups is 3. The Morgan fingerprint density at radius 2 is 1.96 bits per heavy atom. The first-order valence-corrected chi connectivity index (χ1v) is 11.2. The molecule has 148 valence electrons. The highest BCUT2D eigenvalue weighted by Crippen LogP contribution is 2.37. The van der Waals surface area contributed by atoms with Crippen LogP contribution >= 0.6 is 11.3 Å². The van der Waals surface area contributed by atoms with Crippen LogP contribution < -0.4 is 0 Å². The van der Waals surface area contributed by atoms with Crippen molar-refractivity contribution in [1.29, 1.82) is 0 Å². The molecule has 1 fully saturated rings. The lowest BCUT2D eigenvalue weighted by Gasteiger charge is -2.21. The smallest absolute Gasteiger partial charge is 0.0724 e. The Balaban J connectivity index is 1.81. The first kappa shape index (κ1) is 21.6. The summed E-state index contributed by atoms with van der Waals surface area (Å²) < 4.78 is 0. The van der Waals surface area contributed by atoms with Gasteiger partial charge in [0.2, 0.25) is 0 Å². The average molecular weight is 381 g/mol. The molecule has 1 aromatic rings. The summed E-state index contributed by atoms with van der Waals surface area (Å²) in [6.45, 7) is 4.33. The van der Waals surface area contributed by atoms with Gasteiger partial charge in [-0.2, -0.15) is 0 Å². The molecular formula is C22H36O3S. The number of thiophene rings is 1. The first-order valence-electron chi connectivity index (χ1n) is 10.3. The van der Waals surface area contributed by atoms with Gasteiger partial charge in [0.1, 0.15) is 0 Å². The van der Waals surface area contributed by atoms with E-state index in [1.165, 1.54) is 36.1 Å². The van der Waals surface area contributed by atoms with Crippen LogP contribution in [0.2, 0.25) is 0 Å². The van der Waals surface area contributed by atoms with Crippen molar-refractivity contribution in [3.8, 4) is 0 Å². The van der Waals surface area contributed by atoms with Gasteiger partial charge >= 0.3 is 0 Å². The molecule has 0 aromatic carbocycles. The van der Waals surface area contributed by atoms with Crippen LogP contribution in [-0.2, 0) is 6.42 Å². The molecule has 0 aliphatic heterocycles. The lowest BCUT2D eigenvalue weighted by molar-refractivity contribution is 0.115. The van der Waals surface area contributed by atoms with Crippen molar-refractivity contribution in [2.75, 3.05) is 0 Å². The Labute approximate surface area is 162 Å². The van der Waals surface area contributed by atoms with Crippen LogP contribution in [0.25, 0.3) is 0 Å². The molecule has 1 aliphatic rings. The van der Waals surface area contributed by atoms with E-state index in [1.54, 1.807) is 11.3 Å². The zero-order valence-electron chi connectivity index (χ0n) is 16.3. The standard InChI is InChI=1S/C22H36O3S/c1-3-4-5-6-7-8-19-20(22(25)15-21(19)24)12-11-18(23)10-9-17-13-14-26-16(17)2/h11-14,18-25H,3-10,15H2,1-2H3/b12-11+/t18-,19+,20+,21-,22+/m0/s1. The fraction of sp³-hybridized carbons (Fsp3) is 0.727. The van der Waals surface area contributed by atoms with Crippen LogP contribution in [0, 0.1) is 18.8 Å². The highest BCUT2D eigenvalue weighted by Gasteiger charge is 2.39. The molecule has 0 unspecified atom stereocenters. The second-order valence-corrected chi connectivity index (χ2v) is 8.93. The van der Waals surface area contributed by atoms with Gasteiger partial charge in [0.25, 0.3) is 0 Å². The summed E-state index contributed by atoms with van der Waals surface area (Å²) in [4.78, 5) is 1.32. The molecule has 1 heterocycles. The molecule has 0 saturated heterocycles. The highest BCUT2D eigenvalue weighted by molar-refractivity contribution is 7.10. The Bertz CT molecular complexity index is 539. The van der Waals surface area contributed by atoms with E-state index >= 15 is 0 Å². The normalized spacial score (nSPS) is 27.4. The molecule has 3 N–H and O–H groups in total. The summed E-state index contributed by atoms with van der Waals surface area (Å²) >= 11 is 1.74. The van der Waals surface area contributed by atoms with Crippen LogP contribution in [-0.4, -0.2) is 33.6 Å². The van der Waals surface area contributed by atoms with Crippen LogP contribution in [0.3, 0.4) is 0 Å². The molecule has 1 aliphatic carbocycles. The van der Waals surface area contributed by atoms with Gasteiger partial charge in [-0.25, -0.2) is 0 Å². The van der Waals surface area contributed by atoms with Gasteiger partial charge in [-0.15, -0.1) is 11.3 Å². The third-order valence-electron chi connectivity index (χ3n) is 5.79. The second kappa shape index (κ2) is 11.2. The van der Waals surface area contributed by atoms with Gasteiger partial charge in [0.15, 0.2) is 0 Å². The summed E-state index contributed by atoms with van der Waals surface area (Å²) in [5.41, 5.74) is 1.31. The zero-order valence-corrected chi connectivity index (χ0v) is 17.1. The Morgan fingerprint density at radius 1 is 1.19 bits per heavy atom. The fourth-order valence-electron chi connectivity index (χ4n) is 4.09. The molecule has 4 heteroatoms. The van der Waals surface area contributed by atoms with E-state index in [0.717, 1.165) is 19.3 Å². The molecule has 1 saturated carbocycles. The number of unbranched alkanes of at least 4 members (excludes halogenated alkanes) is 4. The van der Waals surface area contributed by atoms with Crippen molar-refractivity contribution in [1.82, 2.24) is 0 Å². The van der Waals surface area contributed by atoms with E-state index < -0.39 is 18.3 Å². The molecule has 0 radical (unpaired) electrons. The van der Waals surface area contributed by atoms with Crippen molar-refractivity contribution >= 4 is 11.3 Å². The van der Waals surface area contributed by atoms with Crippen molar-refractivity contribution in [3.05, 3.63) is 34.0 Å². The molecule has 0 amide bonds. The first-order chi connectivity index (χ1) is 12.5. The molecule has 5 atom stereocenters. The van der Waals surface area contributed by atoms with Gasteiger partial charge in [-0.05, 0) is 49.1 Å². The number of rotatable bonds is 11. The van der Waals surface area contributed by atoms with E-state index in [2.05, 4.69) is 25.3 Å². The second-order valence-electron chi connectivity index (χ2n) is 7.81. The van der Waals surface area contributed by atoms with Crippen LogP contribution in [0.4, 0.5) is 0 Å². The molecule has 3 nitrogen and oxygen atoms in total. The fourth-order valence-corrected chi connectivity index (χ4v) is 4.85. The quantitative estimate of drug-likeness (QED) is 0.388. The SMILES string of the molecule is CCCCCCC[C@@H]1[C@@H](/C=C/[C@@H](O)CCc2ccsc2C)[C@H](O)C[C@@H]1O. The van der Waals surface area contributed by atoms with Crippen molar-refractivity contribution < 1.29 is 15.3 Å². The zero-order chi connectivity index (χ0) is 18.9. The topological polar surface area (TPSA) is 60.7 Å². The summed E-state index contributed by atoms with van der Waals surface area (Å²) in [7, 11) is 0. The summed E-state index contributed by atoms with van der Waals surface area (Å²) in [6.07, 6.45) is 11.4. The van der Waals surface area contributed by atoms with Crippen LogP contribution in [0.5, 0.6) is 0 Å². The maximum Gasteiger partial charge on any atom is 0.0724 e. The number of aryl methyl sites for hydroxylation is 2. The Morgan fingerprint density at radius 3 is 2.65 bits per heavy atom. The van der Waals surface area contributed by atoms with Crippen molar-refractivity contribution in [2.45, 2.75) is 89.9 Å². The molecule has 1 aromatic heterocycles. The molecule has 26 heavy (non-hydrogen) atoms. The van der Waals surface area contributed by atoms with E-state index in [0.29, 0.717) is 12.8 Å². The number of aliphatic hydroxyl groups excluding tert-OH is 3. The average Bonchev–Trinajstić information content (AvgIpc) is 3.13. The lowest BCUT2D eigenvalue weighted by Crippen LogP contribution is -2.21. The minimum atomic E-state index is -0.496. The minimum Gasteiger partial charge on any atom is -0.393 e. The predicted octanol–water partition coefficient (Wildman–Crippen LogP) is 4.62. The minimum absolute atomic E-state index is 0.0336. The van der Waals surface area contributed by atoms with E-state index in [9.17, 15) is 15.3 Å². The van der Waals surface area contributed by atoms with Crippen LogP contribution in [0.15, 0.2) is 23.6 Å². The van der Waals surface area contributed by atoms with Gasteiger partial charge in [-0.3, -0.25) is 0 Å². The monoisotopic (exact) mass is 380 g/mol. The summed E-state index contributed by atoms with van der Waals surface area (Å²) in [5, 5.41) is 33.0. The van der Waals surface area contributed by atoms with Gasteiger partial charge in [-0.1, -0.05) is 51.2 Å². The molecule has 0 bridgehead atoms. The van der Waals surface area contributed by atoms with E-state index in [4.69, 9.17) is 0 Å². The molecular weight excluding hydrogens is 344 g/mol. The predicted molar refractivity (Wildman–Crippen MR) is 110 cm³/mol. The Kier molecular flexibility index (Phi) is 9.34. The van der Waals surface area contributed by atoms with E-state index in [1.807, 2.05) is 12.2 Å². The highest BCUT2D eigenvalue weighted by atomic mass is 32.1. The lowest BCUT2D eigenvalue weighted by atomic mass is 9.88.